The van der Waals surface area contributed by atoms with E-state index in [-0.39, 0.29) is 17.5 Å². The first-order valence-electron chi connectivity index (χ1n) is 10.9. The molecule has 9 heteroatoms. The third-order valence-electron chi connectivity index (χ3n) is 6.59. The minimum atomic E-state index is -0.681. The summed E-state index contributed by atoms with van der Waals surface area (Å²) in [6.07, 6.45) is 4.02. The van der Waals surface area contributed by atoms with Crippen LogP contribution in [0, 0.1) is 11.3 Å². The highest BCUT2D eigenvalue weighted by Crippen LogP contribution is 2.42. The second-order valence-electron chi connectivity index (χ2n) is 8.55. The highest BCUT2D eigenvalue weighted by Gasteiger charge is 2.43. The van der Waals surface area contributed by atoms with Crippen LogP contribution in [0.4, 0.5) is 5.13 Å². The third-order valence-corrected chi connectivity index (χ3v) is 7.58. The Labute approximate surface area is 189 Å². The molecule has 8 nitrogen and oxygen atoms in total. The average molecular weight is 449 g/mol. The van der Waals surface area contributed by atoms with Gasteiger partial charge in [-0.15, -0.1) is 0 Å². The molecule has 0 bridgehead atoms. The minimum Gasteiger partial charge on any atom is -0.350 e. The van der Waals surface area contributed by atoms with Crippen LogP contribution in [0.3, 0.4) is 0 Å². The fraction of sp³-hybridized carbons (Fsp3) is 0.435. The van der Waals surface area contributed by atoms with Crippen LogP contribution in [0.5, 0.6) is 0 Å². The summed E-state index contributed by atoms with van der Waals surface area (Å²) in [7, 11) is 1.66. The predicted molar refractivity (Wildman–Crippen MR) is 122 cm³/mol. The number of benzene rings is 1. The summed E-state index contributed by atoms with van der Waals surface area (Å²) in [6, 6.07) is 11.9. The van der Waals surface area contributed by atoms with Gasteiger partial charge in [-0.25, -0.2) is 9.97 Å². The number of nitrogens with zero attached hydrogens (tertiary/aromatic N) is 5. The molecule has 32 heavy (non-hydrogen) atoms. The van der Waals surface area contributed by atoms with Crippen molar-refractivity contribution in [3.63, 3.8) is 0 Å². The Morgan fingerprint density at radius 3 is 2.75 bits per heavy atom. The first kappa shape index (κ1) is 20.6. The van der Waals surface area contributed by atoms with E-state index < -0.39 is 5.41 Å². The van der Waals surface area contributed by atoms with Gasteiger partial charge in [-0.1, -0.05) is 41.7 Å². The summed E-state index contributed by atoms with van der Waals surface area (Å²) in [5.74, 6) is 0.489. The molecule has 3 heterocycles. The molecule has 0 spiro atoms. The summed E-state index contributed by atoms with van der Waals surface area (Å²) < 4.78 is 1.47. The molecule has 1 aliphatic carbocycles. The lowest BCUT2D eigenvalue weighted by Crippen LogP contribution is -2.43. The fourth-order valence-corrected chi connectivity index (χ4v) is 5.59. The van der Waals surface area contributed by atoms with Crippen molar-refractivity contribution in [3.8, 4) is 6.07 Å². The first-order chi connectivity index (χ1) is 15.5. The quantitative estimate of drug-likeness (QED) is 0.644. The molecular weight excluding hydrogens is 424 g/mol. The fourth-order valence-electron chi connectivity index (χ4n) is 4.58. The van der Waals surface area contributed by atoms with Gasteiger partial charge in [-0.05, 0) is 37.7 Å². The summed E-state index contributed by atoms with van der Waals surface area (Å²) in [4.78, 5) is 37.7. The van der Waals surface area contributed by atoms with E-state index in [1.807, 2.05) is 35.2 Å². The van der Waals surface area contributed by atoms with Crippen molar-refractivity contribution < 1.29 is 4.79 Å². The average Bonchev–Trinajstić information content (AvgIpc) is 3.43. The van der Waals surface area contributed by atoms with E-state index in [0.29, 0.717) is 34.4 Å². The van der Waals surface area contributed by atoms with Gasteiger partial charge in [0.1, 0.15) is 17.3 Å². The van der Waals surface area contributed by atoms with Crippen LogP contribution in [-0.4, -0.2) is 33.0 Å². The van der Waals surface area contributed by atoms with Gasteiger partial charge < -0.3 is 10.2 Å². The Bertz CT molecular complexity index is 1270. The molecule has 2 fully saturated rings. The number of rotatable bonds is 5. The van der Waals surface area contributed by atoms with E-state index in [1.165, 1.54) is 15.9 Å². The molecule has 1 atom stereocenters. The number of hydrogen-bond acceptors (Lipinski definition) is 7. The third kappa shape index (κ3) is 3.35. The maximum absolute atomic E-state index is 13.0. The number of carbonyl (C=O) groups is 1. The zero-order chi connectivity index (χ0) is 22.3. The van der Waals surface area contributed by atoms with Gasteiger partial charge in [0.05, 0.1) is 6.07 Å². The number of thiazole rings is 1. The van der Waals surface area contributed by atoms with Crippen LogP contribution in [-0.2, 0) is 23.8 Å². The Morgan fingerprint density at radius 1 is 1.28 bits per heavy atom. The normalized spacial score (nSPS) is 19.5. The molecule has 1 saturated heterocycles. The zero-order valence-electron chi connectivity index (χ0n) is 17.9. The van der Waals surface area contributed by atoms with Gasteiger partial charge in [0.25, 0.3) is 5.56 Å². The lowest BCUT2D eigenvalue weighted by molar-refractivity contribution is -0.122. The topological polar surface area (TPSA) is 104 Å². The molecule has 1 amide bonds. The molecule has 1 N–H and O–H groups in total. The number of fused-ring (bicyclic) bond motifs is 1. The smallest absolute Gasteiger partial charge is 0.280 e. The number of anilines is 1. The first-order valence-corrected chi connectivity index (χ1v) is 11.7. The van der Waals surface area contributed by atoms with E-state index in [9.17, 15) is 14.9 Å². The van der Waals surface area contributed by atoms with Gasteiger partial charge in [0.15, 0.2) is 15.5 Å². The van der Waals surface area contributed by atoms with E-state index in [2.05, 4.69) is 16.4 Å². The van der Waals surface area contributed by atoms with Gasteiger partial charge in [-0.3, -0.25) is 14.2 Å². The number of hydrogen-bond donors (Lipinski definition) is 1. The maximum atomic E-state index is 13.0. The monoisotopic (exact) mass is 448 g/mol. The molecule has 1 unspecified atom stereocenters. The predicted octanol–water partition coefficient (Wildman–Crippen LogP) is 2.62. The van der Waals surface area contributed by atoms with Gasteiger partial charge in [0.2, 0.25) is 5.91 Å². The van der Waals surface area contributed by atoms with Crippen molar-refractivity contribution in [2.75, 3.05) is 11.4 Å². The van der Waals surface area contributed by atoms with Gasteiger partial charge in [-0.2, -0.15) is 5.26 Å². The lowest BCUT2D eigenvalue weighted by Gasteiger charge is -2.35. The van der Waals surface area contributed by atoms with Crippen LogP contribution >= 0.6 is 11.3 Å². The van der Waals surface area contributed by atoms with Crippen molar-refractivity contribution in [1.29, 1.82) is 5.26 Å². The molecule has 164 valence electrons. The molecule has 2 aromatic heterocycles. The summed E-state index contributed by atoms with van der Waals surface area (Å²) in [5, 5.41) is 13.4. The Hall–Kier alpha value is -3.25. The summed E-state index contributed by atoms with van der Waals surface area (Å²) in [6.45, 7) is 1.18. The standard InChI is InChI=1S/C23H24N6O2S/c1-28-20(31)17-19(27-21(28)23(14-24)10-6-11-23)32-22(26-17)29-12-5-9-16(29)18(30)25-13-15-7-3-2-4-8-15/h2-4,7-8,16H,5-6,9-13H2,1H3,(H,25,30). The van der Waals surface area contributed by atoms with Crippen LogP contribution < -0.4 is 15.8 Å². The molecule has 1 aliphatic heterocycles. The van der Waals surface area contributed by atoms with Crippen molar-refractivity contribution in [2.45, 2.75) is 50.1 Å². The number of carbonyl (C=O) groups excluding carboxylic acids is 1. The van der Waals surface area contributed by atoms with E-state index in [1.54, 1.807) is 7.05 Å². The van der Waals surface area contributed by atoms with Crippen LogP contribution in [0.2, 0.25) is 0 Å². The van der Waals surface area contributed by atoms with Crippen LogP contribution in [0.15, 0.2) is 35.1 Å². The molecule has 2 aliphatic rings. The molecular formula is C23H24N6O2S. The second kappa shape index (κ2) is 8.02. The second-order valence-corrected chi connectivity index (χ2v) is 9.51. The summed E-state index contributed by atoms with van der Waals surface area (Å²) in [5.41, 5.74) is 0.435. The SMILES string of the molecule is Cn1c(C2(C#N)CCC2)nc2sc(N3CCCC3C(=O)NCc3ccccc3)nc2c1=O. The van der Waals surface area contributed by atoms with Gasteiger partial charge >= 0.3 is 0 Å². The Balaban J connectivity index is 1.42. The lowest BCUT2D eigenvalue weighted by atomic mass is 9.69. The largest absolute Gasteiger partial charge is 0.350 e. The number of amides is 1. The van der Waals surface area contributed by atoms with Gasteiger partial charge in [0, 0.05) is 20.1 Å². The molecule has 1 aromatic carbocycles. The molecule has 5 rings (SSSR count). The Kier molecular flexibility index (Phi) is 5.18. The maximum Gasteiger partial charge on any atom is 0.280 e. The summed E-state index contributed by atoms with van der Waals surface area (Å²) >= 11 is 1.33. The highest BCUT2D eigenvalue weighted by atomic mass is 32.1. The minimum absolute atomic E-state index is 0.0370. The molecule has 0 radical (unpaired) electrons. The van der Waals surface area contributed by atoms with Crippen LogP contribution in [0.1, 0.15) is 43.5 Å². The van der Waals surface area contributed by atoms with Crippen molar-refractivity contribution in [2.24, 2.45) is 7.05 Å². The van der Waals surface area contributed by atoms with Crippen molar-refractivity contribution >= 4 is 32.7 Å². The van der Waals surface area contributed by atoms with Crippen LogP contribution in [0.25, 0.3) is 10.3 Å². The number of nitriles is 1. The van der Waals surface area contributed by atoms with E-state index in [4.69, 9.17) is 4.98 Å². The Morgan fingerprint density at radius 2 is 2.06 bits per heavy atom. The molecule has 3 aromatic rings. The zero-order valence-corrected chi connectivity index (χ0v) is 18.7. The van der Waals surface area contributed by atoms with E-state index >= 15 is 0 Å². The number of aromatic nitrogens is 3. The van der Waals surface area contributed by atoms with Crippen molar-refractivity contribution in [1.82, 2.24) is 19.9 Å². The van der Waals surface area contributed by atoms with E-state index in [0.717, 1.165) is 37.7 Å². The highest BCUT2D eigenvalue weighted by molar-refractivity contribution is 7.21. The van der Waals surface area contributed by atoms with Crippen molar-refractivity contribution in [3.05, 3.63) is 52.1 Å². The molecule has 1 saturated carbocycles. The number of nitrogens with one attached hydrogen (secondary N) is 1.